The zero-order valence-electron chi connectivity index (χ0n) is 15.1. The van der Waals surface area contributed by atoms with Crippen LogP contribution in [0.3, 0.4) is 0 Å². The van der Waals surface area contributed by atoms with Crippen LogP contribution in [0.4, 0.5) is 5.69 Å². The quantitative estimate of drug-likeness (QED) is 0.612. The highest BCUT2D eigenvalue weighted by Gasteiger charge is 2.08. The second-order valence-corrected chi connectivity index (χ2v) is 5.83. The molecule has 0 radical (unpaired) electrons. The number of amides is 1. The minimum atomic E-state index is -0.237. The van der Waals surface area contributed by atoms with Gasteiger partial charge in [-0.1, -0.05) is 22.9 Å². The third-order valence-electron chi connectivity index (χ3n) is 3.60. The Labute approximate surface area is 148 Å². The van der Waals surface area contributed by atoms with E-state index < -0.39 is 0 Å². The Kier molecular flexibility index (Phi) is 6.57. The maximum absolute atomic E-state index is 12.0. The molecule has 0 saturated heterocycles. The van der Waals surface area contributed by atoms with Crippen molar-refractivity contribution in [3.63, 3.8) is 0 Å². The molecule has 0 fully saturated rings. The van der Waals surface area contributed by atoms with Crippen molar-refractivity contribution in [1.82, 2.24) is 0 Å². The van der Waals surface area contributed by atoms with E-state index in [1.54, 1.807) is 6.21 Å². The summed E-state index contributed by atoms with van der Waals surface area (Å²) in [6, 6.07) is 11.5. The zero-order valence-corrected chi connectivity index (χ0v) is 15.1. The standard InChI is InChI=1S/C20H24N2O3/c1-5-24-18-8-6-17(7-9-18)12-21-25-13-19(23)22-20-15(3)10-14(2)11-16(20)4/h6-12H,5,13H2,1-4H3,(H,22,23)/b21-12-. The molecule has 0 heterocycles. The molecule has 0 saturated carbocycles. The molecule has 5 nitrogen and oxygen atoms in total. The fraction of sp³-hybridized carbons (Fsp3) is 0.300. The number of carbonyl (C=O) groups excluding carboxylic acids is 1. The van der Waals surface area contributed by atoms with Gasteiger partial charge in [-0.3, -0.25) is 4.79 Å². The van der Waals surface area contributed by atoms with E-state index in [-0.39, 0.29) is 12.5 Å². The number of nitrogens with one attached hydrogen (secondary N) is 1. The van der Waals surface area contributed by atoms with Crippen molar-refractivity contribution >= 4 is 17.8 Å². The van der Waals surface area contributed by atoms with Gasteiger partial charge in [0.2, 0.25) is 0 Å². The van der Waals surface area contributed by atoms with Crippen LogP contribution < -0.4 is 10.1 Å². The second kappa shape index (κ2) is 8.87. The van der Waals surface area contributed by atoms with Gasteiger partial charge in [0.25, 0.3) is 5.91 Å². The molecule has 1 amide bonds. The van der Waals surface area contributed by atoms with Gasteiger partial charge in [-0.2, -0.15) is 0 Å². The van der Waals surface area contributed by atoms with Crippen molar-refractivity contribution in [2.24, 2.45) is 5.16 Å². The van der Waals surface area contributed by atoms with Gasteiger partial charge >= 0.3 is 0 Å². The van der Waals surface area contributed by atoms with Crippen molar-refractivity contribution in [3.8, 4) is 5.75 Å². The van der Waals surface area contributed by atoms with Crippen LogP contribution >= 0.6 is 0 Å². The van der Waals surface area contributed by atoms with Crippen molar-refractivity contribution in [2.75, 3.05) is 18.5 Å². The molecular weight excluding hydrogens is 316 g/mol. The molecule has 2 aromatic carbocycles. The number of carbonyl (C=O) groups is 1. The average Bonchev–Trinajstić information content (AvgIpc) is 2.56. The minimum Gasteiger partial charge on any atom is -0.494 e. The van der Waals surface area contributed by atoms with Crippen LogP contribution in [0, 0.1) is 20.8 Å². The smallest absolute Gasteiger partial charge is 0.265 e. The van der Waals surface area contributed by atoms with Gasteiger partial charge in [-0.15, -0.1) is 0 Å². The van der Waals surface area contributed by atoms with E-state index in [1.807, 2.05) is 64.1 Å². The van der Waals surface area contributed by atoms with E-state index in [4.69, 9.17) is 9.57 Å². The second-order valence-electron chi connectivity index (χ2n) is 5.83. The van der Waals surface area contributed by atoms with Gasteiger partial charge in [0, 0.05) is 5.69 Å². The Balaban J connectivity index is 1.84. The molecule has 0 aromatic heterocycles. The number of hydrogen-bond acceptors (Lipinski definition) is 4. The van der Waals surface area contributed by atoms with E-state index in [1.165, 1.54) is 5.56 Å². The largest absolute Gasteiger partial charge is 0.494 e. The molecule has 2 rings (SSSR count). The maximum atomic E-state index is 12.0. The number of hydrogen-bond donors (Lipinski definition) is 1. The molecular formula is C20H24N2O3. The topological polar surface area (TPSA) is 59.9 Å². The third kappa shape index (κ3) is 5.64. The number of benzene rings is 2. The van der Waals surface area contributed by atoms with Crippen LogP contribution in [0.2, 0.25) is 0 Å². The summed E-state index contributed by atoms with van der Waals surface area (Å²) in [5, 5.41) is 6.70. The number of oxime groups is 1. The molecule has 0 spiro atoms. The highest BCUT2D eigenvalue weighted by molar-refractivity contribution is 5.93. The lowest BCUT2D eigenvalue weighted by molar-refractivity contribution is -0.120. The molecule has 0 bridgehead atoms. The maximum Gasteiger partial charge on any atom is 0.265 e. The summed E-state index contributed by atoms with van der Waals surface area (Å²) < 4.78 is 5.37. The Hall–Kier alpha value is -2.82. The summed E-state index contributed by atoms with van der Waals surface area (Å²) in [5.41, 5.74) is 4.93. The van der Waals surface area contributed by atoms with Crippen molar-refractivity contribution in [1.29, 1.82) is 0 Å². The van der Waals surface area contributed by atoms with Crippen LogP contribution in [0.5, 0.6) is 5.75 Å². The molecule has 0 aliphatic carbocycles. The predicted molar refractivity (Wildman–Crippen MR) is 100 cm³/mol. The molecule has 5 heteroatoms. The molecule has 0 aliphatic heterocycles. The predicted octanol–water partition coefficient (Wildman–Crippen LogP) is 4.00. The molecule has 132 valence electrons. The summed E-state index contributed by atoms with van der Waals surface area (Å²) >= 11 is 0. The SMILES string of the molecule is CCOc1ccc(/C=N\OCC(=O)Nc2c(C)cc(C)cc2C)cc1. The number of aryl methyl sites for hydroxylation is 3. The van der Waals surface area contributed by atoms with E-state index in [0.717, 1.165) is 28.1 Å². The highest BCUT2D eigenvalue weighted by atomic mass is 16.6. The molecule has 0 aliphatic rings. The summed E-state index contributed by atoms with van der Waals surface area (Å²) in [4.78, 5) is 17.1. The first kappa shape index (κ1) is 18.5. The Morgan fingerprint density at radius 1 is 1.12 bits per heavy atom. The molecule has 1 N–H and O–H groups in total. The van der Waals surface area contributed by atoms with Crippen molar-refractivity contribution in [2.45, 2.75) is 27.7 Å². The summed E-state index contributed by atoms with van der Waals surface area (Å²) in [7, 11) is 0. The molecule has 0 atom stereocenters. The minimum absolute atomic E-state index is 0.139. The Bertz CT molecular complexity index is 729. The van der Waals surface area contributed by atoms with Crippen LogP contribution in [-0.2, 0) is 9.63 Å². The summed E-state index contributed by atoms with van der Waals surface area (Å²) in [6.45, 7) is 8.41. The molecule has 0 unspecified atom stereocenters. The van der Waals surface area contributed by atoms with Crippen molar-refractivity contribution < 1.29 is 14.4 Å². The Morgan fingerprint density at radius 2 is 1.76 bits per heavy atom. The first-order chi connectivity index (χ1) is 12.0. The first-order valence-electron chi connectivity index (χ1n) is 8.25. The Morgan fingerprint density at radius 3 is 2.36 bits per heavy atom. The van der Waals surface area contributed by atoms with Gasteiger partial charge in [-0.25, -0.2) is 0 Å². The van der Waals surface area contributed by atoms with Crippen LogP contribution in [0.25, 0.3) is 0 Å². The fourth-order valence-electron chi connectivity index (χ4n) is 2.56. The zero-order chi connectivity index (χ0) is 18.2. The number of anilines is 1. The highest BCUT2D eigenvalue weighted by Crippen LogP contribution is 2.21. The van der Waals surface area contributed by atoms with Gasteiger partial charge in [0.1, 0.15) is 5.75 Å². The van der Waals surface area contributed by atoms with Crippen LogP contribution in [0.15, 0.2) is 41.6 Å². The van der Waals surface area contributed by atoms with E-state index >= 15 is 0 Å². The average molecular weight is 340 g/mol. The summed E-state index contributed by atoms with van der Waals surface area (Å²) in [6.07, 6.45) is 1.56. The normalized spacial score (nSPS) is 10.7. The third-order valence-corrected chi connectivity index (χ3v) is 3.60. The first-order valence-corrected chi connectivity index (χ1v) is 8.25. The lowest BCUT2D eigenvalue weighted by Gasteiger charge is -2.12. The van der Waals surface area contributed by atoms with Crippen LogP contribution in [-0.4, -0.2) is 25.3 Å². The number of nitrogens with zero attached hydrogens (tertiary/aromatic N) is 1. The number of rotatable bonds is 7. The van der Waals surface area contributed by atoms with E-state index in [0.29, 0.717) is 6.61 Å². The van der Waals surface area contributed by atoms with E-state index in [2.05, 4.69) is 10.5 Å². The van der Waals surface area contributed by atoms with E-state index in [9.17, 15) is 4.79 Å². The summed E-state index contributed by atoms with van der Waals surface area (Å²) in [5.74, 6) is 0.572. The molecule has 2 aromatic rings. The molecule has 25 heavy (non-hydrogen) atoms. The van der Waals surface area contributed by atoms with Crippen molar-refractivity contribution in [3.05, 3.63) is 58.7 Å². The number of ether oxygens (including phenoxy) is 1. The fourth-order valence-corrected chi connectivity index (χ4v) is 2.56. The van der Waals surface area contributed by atoms with Gasteiger partial charge in [-0.05, 0) is 68.7 Å². The lowest BCUT2D eigenvalue weighted by atomic mass is 10.1. The van der Waals surface area contributed by atoms with Gasteiger partial charge in [0.05, 0.1) is 12.8 Å². The lowest BCUT2D eigenvalue weighted by Crippen LogP contribution is -2.18. The van der Waals surface area contributed by atoms with Gasteiger partial charge in [0.15, 0.2) is 6.61 Å². The monoisotopic (exact) mass is 340 g/mol. The van der Waals surface area contributed by atoms with Crippen LogP contribution in [0.1, 0.15) is 29.2 Å². The van der Waals surface area contributed by atoms with Gasteiger partial charge < -0.3 is 14.9 Å².